The molecule has 0 heterocycles. The van der Waals surface area contributed by atoms with Crippen LogP contribution in [-0.2, 0) is 4.79 Å². The number of methoxy groups -OCH3 is 1. The van der Waals surface area contributed by atoms with Gasteiger partial charge in [-0.05, 0) is 53.9 Å². The summed E-state index contributed by atoms with van der Waals surface area (Å²) in [5.41, 5.74) is 2.97. The van der Waals surface area contributed by atoms with Gasteiger partial charge in [0.2, 0.25) is 0 Å². The first-order valence-corrected chi connectivity index (χ1v) is 8.96. The minimum absolute atomic E-state index is 0.171. The average Bonchev–Trinajstić information content (AvgIpc) is 2.73. The number of benzene rings is 3. The zero-order chi connectivity index (χ0) is 19.1. The summed E-state index contributed by atoms with van der Waals surface area (Å²) in [4.78, 5) is 12.5. The van der Waals surface area contributed by atoms with Crippen molar-refractivity contribution >= 4 is 11.6 Å². The van der Waals surface area contributed by atoms with Gasteiger partial charge in [-0.1, -0.05) is 49.4 Å². The summed E-state index contributed by atoms with van der Waals surface area (Å²) in [6.45, 7) is 1.93. The van der Waals surface area contributed by atoms with Gasteiger partial charge in [0.15, 0.2) is 6.10 Å². The molecule has 138 valence electrons. The third kappa shape index (κ3) is 4.88. The van der Waals surface area contributed by atoms with Gasteiger partial charge in [0.1, 0.15) is 11.5 Å². The molecule has 3 rings (SSSR count). The zero-order valence-corrected chi connectivity index (χ0v) is 15.5. The Balaban J connectivity index is 1.64. The first-order chi connectivity index (χ1) is 13.2. The van der Waals surface area contributed by atoms with Crippen LogP contribution in [0.2, 0.25) is 0 Å². The maximum absolute atomic E-state index is 12.5. The van der Waals surface area contributed by atoms with E-state index in [1.54, 1.807) is 31.4 Å². The Morgan fingerprint density at radius 2 is 1.44 bits per heavy atom. The highest BCUT2D eigenvalue weighted by atomic mass is 16.5. The predicted molar refractivity (Wildman–Crippen MR) is 108 cm³/mol. The molecule has 0 radical (unpaired) electrons. The van der Waals surface area contributed by atoms with Crippen molar-refractivity contribution in [2.24, 2.45) is 0 Å². The summed E-state index contributed by atoms with van der Waals surface area (Å²) in [6, 6.07) is 25.1. The molecule has 27 heavy (non-hydrogen) atoms. The van der Waals surface area contributed by atoms with Gasteiger partial charge in [-0.3, -0.25) is 4.79 Å². The molecule has 0 aliphatic rings. The smallest absolute Gasteiger partial charge is 0.265 e. The molecule has 1 amide bonds. The number of hydrogen-bond acceptors (Lipinski definition) is 3. The molecule has 0 spiro atoms. The van der Waals surface area contributed by atoms with Gasteiger partial charge in [-0.2, -0.15) is 0 Å². The van der Waals surface area contributed by atoms with Crippen LogP contribution in [0.4, 0.5) is 5.69 Å². The van der Waals surface area contributed by atoms with Gasteiger partial charge in [0.05, 0.1) is 7.11 Å². The molecule has 0 aliphatic carbocycles. The summed E-state index contributed by atoms with van der Waals surface area (Å²) in [5.74, 6) is 1.25. The van der Waals surface area contributed by atoms with E-state index in [1.807, 2.05) is 49.4 Å². The molecular formula is C23H23NO3. The molecule has 1 atom stereocenters. The maximum Gasteiger partial charge on any atom is 0.265 e. The highest BCUT2D eigenvalue weighted by Gasteiger charge is 2.18. The third-order valence-electron chi connectivity index (χ3n) is 4.26. The van der Waals surface area contributed by atoms with E-state index in [0.717, 1.165) is 16.9 Å². The summed E-state index contributed by atoms with van der Waals surface area (Å²) in [6.07, 6.45) is 0.0114. The standard InChI is InChI=1S/C23H23NO3/c1-3-22(23(25)24-19-11-15-20(26-2)16-12-19)27-21-13-9-18(10-14-21)17-7-5-4-6-8-17/h4-16,22H,3H2,1-2H3,(H,24,25). The van der Waals surface area contributed by atoms with Crippen LogP contribution in [0.25, 0.3) is 11.1 Å². The topological polar surface area (TPSA) is 47.6 Å². The van der Waals surface area contributed by atoms with E-state index in [1.165, 1.54) is 0 Å². The van der Waals surface area contributed by atoms with Gasteiger partial charge >= 0.3 is 0 Å². The Labute approximate surface area is 159 Å². The van der Waals surface area contributed by atoms with Crippen LogP contribution in [0.3, 0.4) is 0 Å². The van der Waals surface area contributed by atoms with Crippen molar-refractivity contribution < 1.29 is 14.3 Å². The molecule has 3 aromatic carbocycles. The van der Waals surface area contributed by atoms with E-state index in [9.17, 15) is 4.79 Å². The Morgan fingerprint density at radius 1 is 0.852 bits per heavy atom. The SMILES string of the molecule is CCC(Oc1ccc(-c2ccccc2)cc1)C(=O)Nc1ccc(OC)cc1. The van der Waals surface area contributed by atoms with Crippen molar-refractivity contribution in [1.29, 1.82) is 0 Å². The van der Waals surface area contributed by atoms with Crippen molar-refractivity contribution in [2.75, 3.05) is 12.4 Å². The first-order valence-electron chi connectivity index (χ1n) is 8.96. The van der Waals surface area contributed by atoms with Crippen LogP contribution in [0.5, 0.6) is 11.5 Å². The molecule has 4 nitrogen and oxygen atoms in total. The van der Waals surface area contributed by atoms with Crippen LogP contribution >= 0.6 is 0 Å². The average molecular weight is 361 g/mol. The number of anilines is 1. The van der Waals surface area contributed by atoms with E-state index in [0.29, 0.717) is 17.9 Å². The third-order valence-corrected chi connectivity index (χ3v) is 4.26. The van der Waals surface area contributed by atoms with E-state index >= 15 is 0 Å². The molecule has 0 aliphatic heterocycles. The highest BCUT2D eigenvalue weighted by Crippen LogP contribution is 2.23. The van der Waals surface area contributed by atoms with Gasteiger partial charge in [-0.15, -0.1) is 0 Å². The van der Waals surface area contributed by atoms with Crippen molar-refractivity contribution in [3.05, 3.63) is 78.9 Å². The lowest BCUT2D eigenvalue weighted by atomic mass is 10.1. The van der Waals surface area contributed by atoms with E-state index in [2.05, 4.69) is 17.4 Å². The van der Waals surface area contributed by atoms with Crippen LogP contribution < -0.4 is 14.8 Å². The van der Waals surface area contributed by atoms with Gasteiger partial charge in [-0.25, -0.2) is 0 Å². The quantitative estimate of drug-likeness (QED) is 0.632. The molecule has 0 fully saturated rings. The number of hydrogen-bond donors (Lipinski definition) is 1. The first kappa shape index (κ1) is 18.5. The van der Waals surface area contributed by atoms with Crippen molar-refractivity contribution in [3.8, 4) is 22.6 Å². The Bertz CT molecular complexity index is 858. The number of rotatable bonds is 7. The summed E-state index contributed by atoms with van der Waals surface area (Å²) >= 11 is 0. The number of carbonyl (C=O) groups excluding carboxylic acids is 1. The van der Waals surface area contributed by atoms with Crippen LogP contribution in [-0.4, -0.2) is 19.1 Å². The molecule has 1 N–H and O–H groups in total. The number of amides is 1. The van der Waals surface area contributed by atoms with Gasteiger partial charge < -0.3 is 14.8 Å². The lowest BCUT2D eigenvalue weighted by molar-refractivity contribution is -0.122. The Kier molecular flexibility index (Phi) is 6.10. The Hall–Kier alpha value is -3.27. The van der Waals surface area contributed by atoms with Gasteiger partial charge in [0.25, 0.3) is 5.91 Å². The molecule has 0 saturated carbocycles. The van der Waals surface area contributed by atoms with Crippen molar-refractivity contribution in [2.45, 2.75) is 19.4 Å². The molecule has 3 aromatic rings. The second kappa shape index (κ2) is 8.90. The molecular weight excluding hydrogens is 338 g/mol. The second-order valence-electron chi connectivity index (χ2n) is 6.12. The monoisotopic (exact) mass is 361 g/mol. The fraction of sp³-hybridized carbons (Fsp3) is 0.174. The zero-order valence-electron chi connectivity index (χ0n) is 15.5. The van der Waals surface area contributed by atoms with E-state index in [4.69, 9.17) is 9.47 Å². The fourth-order valence-electron chi connectivity index (χ4n) is 2.74. The fourth-order valence-corrected chi connectivity index (χ4v) is 2.74. The van der Waals surface area contributed by atoms with Crippen LogP contribution in [0.15, 0.2) is 78.9 Å². The molecule has 0 aromatic heterocycles. The summed E-state index contributed by atoms with van der Waals surface area (Å²) < 4.78 is 11.0. The lowest BCUT2D eigenvalue weighted by Gasteiger charge is -2.17. The number of carbonyl (C=O) groups is 1. The van der Waals surface area contributed by atoms with E-state index in [-0.39, 0.29) is 5.91 Å². The normalized spacial score (nSPS) is 11.5. The molecule has 1 unspecified atom stereocenters. The number of nitrogens with one attached hydrogen (secondary N) is 1. The maximum atomic E-state index is 12.5. The lowest BCUT2D eigenvalue weighted by Crippen LogP contribution is -2.32. The van der Waals surface area contributed by atoms with Crippen LogP contribution in [0, 0.1) is 0 Å². The van der Waals surface area contributed by atoms with Crippen LogP contribution in [0.1, 0.15) is 13.3 Å². The molecule has 0 saturated heterocycles. The summed E-state index contributed by atoms with van der Waals surface area (Å²) in [5, 5.41) is 2.88. The van der Waals surface area contributed by atoms with Crippen molar-refractivity contribution in [1.82, 2.24) is 0 Å². The second-order valence-corrected chi connectivity index (χ2v) is 6.12. The minimum atomic E-state index is -0.560. The predicted octanol–water partition coefficient (Wildman–Crippen LogP) is 5.16. The van der Waals surface area contributed by atoms with Crippen molar-refractivity contribution in [3.63, 3.8) is 0 Å². The van der Waals surface area contributed by atoms with E-state index < -0.39 is 6.10 Å². The summed E-state index contributed by atoms with van der Waals surface area (Å²) in [7, 11) is 1.61. The highest BCUT2D eigenvalue weighted by molar-refractivity contribution is 5.94. The molecule has 0 bridgehead atoms. The largest absolute Gasteiger partial charge is 0.497 e. The van der Waals surface area contributed by atoms with Gasteiger partial charge in [0, 0.05) is 5.69 Å². The molecule has 4 heteroatoms. The minimum Gasteiger partial charge on any atom is -0.497 e. The Morgan fingerprint density at radius 3 is 2.04 bits per heavy atom. The number of ether oxygens (including phenoxy) is 2.